The number of rotatable bonds is 6. The molecule has 112 valence electrons. The molecule has 1 aromatic carbocycles. The standard InChI is InChI=1S/C17H25F2N/c1-4-13-8-17(9-13,11-20-10-12(2)3)14-5-15(18)7-16(19)6-14/h5-7,12-13,20H,4,8-11H2,1-3H3. The zero-order chi connectivity index (χ0) is 14.8. The largest absolute Gasteiger partial charge is 0.316 e. The minimum absolute atomic E-state index is 0.0848. The highest BCUT2D eigenvalue weighted by molar-refractivity contribution is 5.31. The average Bonchev–Trinajstić information content (AvgIpc) is 2.30. The maximum absolute atomic E-state index is 13.5. The summed E-state index contributed by atoms with van der Waals surface area (Å²) in [6.07, 6.45) is 3.19. The summed E-state index contributed by atoms with van der Waals surface area (Å²) in [5, 5.41) is 3.46. The topological polar surface area (TPSA) is 12.0 Å². The van der Waals surface area contributed by atoms with Crippen LogP contribution in [0.5, 0.6) is 0 Å². The molecule has 1 aliphatic rings. The molecule has 0 aromatic heterocycles. The number of hydrogen-bond acceptors (Lipinski definition) is 1. The highest BCUT2D eigenvalue weighted by Gasteiger charge is 2.44. The summed E-state index contributed by atoms with van der Waals surface area (Å²) < 4.78 is 27.0. The first-order chi connectivity index (χ1) is 9.45. The molecule has 0 unspecified atom stereocenters. The number of halogens is 2. The summed E-state index contributed by atoms with van der Waals surface area (Å²) in [7, 11) is 0. The van der Waals surface area contributed by atoms with Crippen molar-refractivity contribution in [2.24, 2.45) is 11.8 Å². The first-order valence-electron chi connectivity index (χ1n) is 7.62. The Balaban J connectivity index is 2.14. The first-order valence-corrected chi connectivity index (χ1v) is 7.62. The molecule has 2 rings (SSSR count). The monoisotopic (exact) mass is 281 g/mol. The van der Waals surface area contributed by atoms with E-state index in [-0.39, 0.29) is 5.41 Å². The lowest BCUT2D eigenvalue weighted by molar-refractivity contribution is 0.132. The van der Waals surface area contributed by atoms with E-state index in [2.05, 4.69) is 26.1 Å². The van der Waals surface area contributed by atoms with Crippen molar-refractivity contribution in [2.75, 3.05) is 13.1 Å². The first kappa shape index (κ1) is 15.4. The Hall–Kier alpha value is -0.960. The third-order valence-electron chi connectivity index (χ3n) is 4.43. The van der Waals surface area contributed by atoms with E-state index in [0.29, 0.717) is 11.8 Å². The molecule has 1 N–H and O–H groups in total. The quantitative estimate of drug-likeness (QED) is 0.821. The molecule has 1 nitrogen and oxygen atoms in total. The molecule has 0 atom stereocenters. The fourth-order valence-electron chi connectivity index (χ4n) is 3.28. The van der Waals surface area contributed by atoms with Gasteiger partial charge in [0, 0.05) is 18.0 Å². The molecule has 0 spiro atoms. The van der Waals surface area contributed by atoms with Gasteiger partial charge < -0.3 is 5.32 Å². The highest BCUT2D eigenvalue weighted by Crippen LogP contribution is 2.49. The third kappa shape index (κ3) is 3.38. The lowest BCUT2D eigenvalue weighted by Crippen LogP contribution is -2.49. The van der Waals surface area contributed by atoms with Crippen LogP contribution in [-0.4, -0.2) is 13.1 Å². The van der Waals surface area contributed by atoms with Crippen molar-refractivity contribution in [3.8, 4) is 0 Å². The van der Waals surface area contributed by atoms with Crippen molar-refractivity contribution in [3.05, 3.63) is 35.4 Å². The van der Waals surface area contributed by atoms with E-state index in [0.717, 1.165) is 44.0 Å². The Morgan fingerprint density at radius 3 is 2.30 bits per heavy atom. The van der Waals surface area contributed by atoms with Gasteiger partial charge >= 0.3 is 0 Å². The lowest BCUT2D eigenvalue weighted by Gasteiger charge is -2.48. The molecular weight excluding hydrogens is 256 g/mol. The predicted molar refractivity (Wildman–Crippen MR) is 78.8 cm³/mol. The zero-order valence-corrected chi connectivity index (χ0v) is 12.7. The van der Waals surface area contributed by atoms with Crippen LogP contribution in [0.25, 0.3) is 0 Å². The predicted octanol–water partition coefficient (Wildman–Crippen LogP) is 4.27. The van der Waals surface area contributed by atoms with Gasteiger partial charge in [-0.15, -0.1) is 0 Å². The van der Waals surface area contributed by atoms with Crippen LogP contribution < -0.4 is 5.32 Å². The van der Waals surface area contributed by atoms with Crippen molar-refractivity contribution in [2.45, 2.75) is 45.4 Å². The summed E-state index contributed by atoms with van der Waals surface area (Å²) in [5.74, 6) is 0.326. The minimum Gasteiger partial charge on any atom is -0.316 e. The van der Waals surface area contributed by atoms with Crippen LogP contribution in [0.1, 0.15) is 45.6 Å². The molecule has 0 saturated heterocycles. The molecule has 0 amide bonds. The van der Waals surface area contributed by atoms with Gasteiger partial charge in [0.15, 0.2) is 0 Å². The fourth-order valence-corrected chi connectivity index (χ4v) is 3.28. The second-order valence-electron chi connectivity index (χ2n) is 6.65. The van der Waals surface area contributed by atoms with Crippen molar-refractivity contribution < 1.29 is 8.78 Å². The molecule has 20 heavy (non-hydrogen) atoms. The van der Waals surface area contributed by atoms with Crippen molar-refractivity contribution >= 4 is 0 Å². The van der Waals surface area contributed by atoms with E-state index in [1.54, 1.807) is 0 Å². The molecule has 1 aromatic rings. The van der Waals surface area contributed by atoms with Gasteiger partial charge in [-0.3, -0.25) is 0 Å². The van der Waals surface area contributed by atoms with Crippen LogP contribution in [0.4, 0.5) is 8.78 Å². The molecular formula is C17H25F2N. The van der Waals surface area contributed by atoms with Crippen LogP contribution in [-0.2, 0) is 5.41 Å². The van der Waals surface area contributed by atoms with Gasteiger partial charge in [0.2, 0.25) is 0 Å². The Kier molecular flexibility index (Phi) is 4.79. The summed E-state index contributed by atoms with van der Waals surface area (Å²) in [6, 6.07) is 3.97. The zero-order valence-electron chi connectivity index (χ0n) is 12.7. The van der Waals surface area contributed by atoms with Crippen molar-refractivity contribution in [3.63, 3.8) is 0 Å². The SMILES string of the molecule is CCC1CC(CNCC(C)C)(c2cc(F)cc(F)c2)C1. The summed E-state index contributed by atoms with van der Waals surface area (Å²) in [5.41, 5.74) is 0.731. The van der Waals surface area contributed by atoms with Gasteiger partial charge in [0.05, 0.1) is 0 Å². The minimum atomic E-state index is -0.469. The smallest absolute Gasteiger partial charge is 0.126 e. The van der Waals surface area contributed by atoms with Crippen LogP contribution in [0, 0.1) is 23.5 Å². The fraction of sp³-hybridized carbons (Fsp3) is 0.647. The van der Waals surface area contributed by atoms with Gasteiger partial charge in [0.1, 0.15) is 11.6 Å². The van der Waals surface area contributed by atoms with Crippen LogP contribution in [0.3, 0.4) is 0 Å². The summed E-state index contributed by atoms with van der Waals surface area (Å²) in [4.78, 5) is 0. The van der Waals surface area contributed by atoms with Crippen LogP contribution in [0.15, 0.2) is 18.2 Å². The maximum atomic E-state index is 13.5. The Bertz CT molecular complexity index is 430. The lowest BCUT2D eigenvalue weighted by atomic mass is 9.58. The molecule has 0 heterocycles. The van der Waals surface area contributed by atoms with E-state index in [1.807, 2.05) is 0 Å². The van der Waals surface area contributed by atoms with E-state index in [1.165, 1.54) is 12.1 Å². The molecule has 1 saturated carbocycles. The number of benzene rings is 1. The molecule has 1 fully saturated rings. The second kappa shape index (κ2) is 6.21. The molecule has 3 heteroatoms. The summed E-state index contributed by atoms with van der Waals surface area (Å²) >= 11 is 0. The summed E-state index contributed by atoms with van der Waals surface area (Å²) in [6.45, 7) is 8.26. The van der Waals surface area contributed by atoms with Crippen molar-refractivity contribution in [1.82, 2.24) is 5.32 Å². The molecule has 1 aliphatic carbocycles. The number of nitrogens with one attached hydrogen (secondary N) is 1. The Labute approximate surface area is 120 Å². The number of hydrogen-bond donors (Lipinski definition) is 1. The van der Waals surface area contributed by atoms with Gasteiger partial charge in [-0.25, -0.2) is 8.78 Å². The van der Waals surface area contributed by atoms with Gasteiger partial charge in [-0.1, -0.05) is 27.2 Å². The van der Waals surface area contributed by atoms with E-state index >= 15 is 0 Å². The Morgan fingerprint density at radius 1 is 1.20 bits per heavy atom. The van der Waals surface area contributed by atoms with E-state index in [4.69, 9.17) is 0 Å². The van der Waals surface area contributed by atoms with E-state index in [9.17, 15) is 8.78 Å². The van der Waals surface area contributed by atoms with E-state index < -0.39 is 11.6 Å². The van der Waals surface area contributed by atoms with Gasteiger partial charge in [-0.05, 0) is 48.9 Å². The van der Waals surface area contributed by atoms with Crippen molar-refractivity contribution in [1.29, 1.82) is 0 Å². The Morgan fingerprint density at radius 2 is 1.80 bits per heavy atom. The average molecular weight is 281 g/mol. The molecule has 0 bridgehead atoms. The maximum Gasteiger partial charge on any atom is 0.126 e. The highest BCUT2D eigenvalue weighted by atomic mass is 19.1. The second-order valence-corrected chi connectivity index (χ2v) is 6.65. The normalized spacial score (nSPS) is 25.8. The van der Waals surface area contributed by atoms with Gasteiger partial charge in [-0.2, -0.15) is 0 Å². The molecule has 0 aliphatic heterocycles. The molecule has 0 radical (unpaired) electrons. The van der Waals surface area contributed by atoms with Crippen LogP contribution >= 0.6 is 0 Å². The van der Waals surface area contributed by atoms with Crippen LogP contribution in [0.2, 0.25) is 0 Å². The third-order valence-corrected chi connectivity index (χ3v) is 4.43. The van der Waals surface area contributed by atoms with Gasteiger partial charge in [0.25, 0.3) is 0 Å².